The van der Waals surface area contributed by atoms with Crippen molar-refractivity contribution in [2.45, 2.75) is 32.2 Å². The van der Waals surface area contributed by atoms with Gasteiger partial charge in [0.2, 0.25) is 5.91 Å². The smallest absolute Gasteiger partial charge is 0.465 e. The average Bonchev–Trinajstić information content (AvgIpc) is 2.68. The van der Waals surface area contributed by atoms with E-state index < -0.39 is 18.5 Å². The second-order valence-corrected chi connectivity index (χ2v) is 6.63. The lowest BCUT2D eigenvalue weighted by Gasteiger charge is -2.23. The molecule has 1 unspecified atom stereocenters. The van der Waals surface area contributed by atoms with Crippen LogP contribution in [0, 0.1) is 0 Å². The predicted octanol–water partition coefficient (Wildman–Crippen LogP) is 4.30. The summed E-state index contributed by atoms with van der Waals surface area (Å²) in [6, 6.07) is 12.3. The van der Waals surface area contributed by atoms with E-state index in [0.717, 1.165) is 21.6 Å². The molecule has 2 aromatic rings. The zero-order chi connectivity index (χ0) is 22.3. The molecule has 30 heavy (non-hydrogen) atoms. The zero-order valence-electron chi connectivity index (χ0n) is 16.6. The van der Waals surface area contributed by atoms with Crippen LogP contribution in [0.4, 0.5) is 18.0 Å². The van der Waals surface area contributed by atoms with E-state index in [0.29, 0.717) is 19.4 Å². The van der Waals surface area contributed by atoms with Gasteiger partial charge in [0, 0.05) is 13.6 Å². The highest BCUT2D eigenvalue weighted by molar-refractivity contribution is 5.85. The SMILES string of the molecule is CCC(C(=O)NCCc1ccc(-c2ccc(OC(F)(F)F)cc2)cc1)N(C)C(=O)O. The van der Waals surface area contributed by atoms with E-state index in [1.165, 1.54) is 19.2 Å². The van der Waals surface area contributed by atoms with Gasteiger partial charge in [-0.1, -0.05) is 43.3 Å². The molecule has 1 atom stereocenters. The predicted molar refractivity (Wildman–Crippen MR) is 105 cm³/mol. The van der Waals surface area contributed by atoms with E-state index >= 15 is 0 Å². The van der Waals surface area contributed by atoms with E-state index in [9.17, 15) is 22.8 Å². The minimum atomic E-state index is -4.72. The number of nitrogens with zero attached hydrogens (tertiary/aromatic N) is 1. The molecule has 0 heterocycles. The first-order chi connectivity index (χ1) is 14.1. The van der Waals surface area contributed by atoms with Gasteiger partial charge in [-0.15, -0.1) is 13.2 Å². The van der Waals surface area contributed by atoms with Gasteiger partial charge < -0.3 is 15.2 Å². The molecule has 0 fully saturated rings. The van der Waals surface area contributed by atoms with E-state index in [1.807, 2.05) is 24.3 Å². The number of alkyl halides is 3. The van der Waals surface area contributed by atoms with Crippen LogP contribution in [-0.2, 0) is 11.2 Å². The lowest BCUT2D eigenvalue weighted by molar-refractivity contribution is -0.274. The van der Waals surface area contributed by atoms with Crippen LogP contribution in [0.15, 0.2) is 48.5 Å². The van der Waals surface area contributed by atoms with E-state index in [1.54, 1.807) is 19.1 Å². The molecule has 9 heteroatoms. The maximum absolute atomic E-state index is 12.2. The summed E-state index contributed by atoms with van der Waals surface area (Å²) in [5.41, 5.74) is 2.53. The standard InChI is InChI=1S/C21H23F3N2O4/c1-3-18(26(2)20(28)29)19(27)25-13-12-14-4-6-15(7-5-14)16-8-10-17(11-9-16)30-21(22,23)24/h4-11,18H,3,12-13H2,1-2H3,(H,25,27)(H,28,29). The molecule has 0 saturated heterocycles. The minimum Gasteiger partial charge on any atom is -0.465 e. The van der Waals surface area contributed by atoms with Crippen molar-refractivity contribution in [1.82, 2.24) is 10.2 Å². The summed E-state index contributed by atoms with van der Waals surface area (Å²) in [6.45, 7) is 2.09. The normalized spacial score (nSPS) is 12.2. The second kappa shape index (κ2) is 10.00. The van der Waals surface area contributed by atoms with Crippen LogP contribution < -0.4 is 10.1 Å². The molecule has 0 aliphatic heterocycles. The van der Waals surface area contributed by atoms with Gasteiger partial charge in [0.25, 0.3) is 0 Å². The number of rotatable bonds is 8. The molecular formula is C21H23F3N2O4. The number of carboxylic acid groups (broad SMARTS) is 1. The lowest BCUT2D eigenvalue weighted by atomic mass is 10.0. The van der Waals surface area contributed by atoms with Gasteiger partial charge in [-0.25, -0.2) is 4.79 Å². The Bertz CT molecular complexity index is 852. The lowest BCUT2D eigenvalue weighted by Crippen LogP contribution is -2.47. The van der Waals surface area contributed by atoms with Crippen molar-refractivity contribution < 1.29 is 32.6 Å². The fraction of sp³-hybridized carbons (Fsp3) is 0.333. The van der Waals surface area contributed by atoms with Gasteiger partial charge in [-0.2, -0.15) is 0 Å². The fourth-order valence-electron chi connectivity index (χ4n) is 2.93. The molecule has 2 aromatic carbocycles. The highest BCUT2D eigenvalue weighted by Gasteiger charge is 2.31. The fourth-order valence-corrected chi connectivity index (χ4v) is 2.93. The third-order valence-corrected chi connectivity index (χ3v) is 4.55. The molecule has 0 bridgehead atoms. The van der Waals surface area contributed by atoms with E-state index in [-0.39, 0.29) is 11.7 Å². The number of halogens is 3. The topological polar surface area (TPSA) is 78.9 Å². The Balaban J connectivity index is 1.90. The number of hydrogen-bond acceptors (Lipinski definition) is 3. The van der Waals surface area contributed by atoms with E-state index in [4.69, 9.17) is 5.11 Å². The Kier molecular flexibility index (Phi) is 7.68. The Hall–Kier alpha value is -3.23. The average molecular weight is 424 g/mol. The summed E-state index contributed by atoms with van der Waals surface area (Å²) in [6.07, 6.45) is -4.96. The number of carbonyl (C=O) groups is 2. The van der Waals surface area contributed by atoms with Gasteiger partial charge >= 0.3 is 12.5 Å². The van der Waals surface area contributed by atoms with Crippen molar-refractivity contribution in [2.24, 2.45) is 0 Å². The van der Waals surface area contributed by atoms with Crippen molar-refractivity contribution in [2.75, 3.05) is 13.6 Å². The molecule has 0 aromatic heterocycles. The number of amides is 2. The molecule has 0 aliphatic rings. The van der Waals surface area contributed by atoms with Gasteiger partial charge in [0.05, 0.1) is 0 Å². The largest absolute Gasteiger partial charge is 0.573 e. The molecule has 2 amide bonds. The van der Waals surface area contributed by atoms with Crippen molar-refractivity contribution >= 4 is 12.0 Å². The molecular weight excluding hydrogens is 401 g/mol. The molecule has 0 spiro atoms. The molecule has 0 aliphatic carbocycles. The first-order valence-corrected chi connectivity index (χ1v) is 9.29. The van der Waals surface area contributed by atoms with Crippen LogP contribution >= 0.6 is 0 Å². The Morgan fingerprint density at radius 1 is 1.07 bits per heavy atom. The Labute approximate surface area is 172 Å². The van der Waals surface area contributed by atoms with Gasteiger partial charge in [0.15, 0.2) is 0 Å². The third kappa shape index (κ3) is 6.68. The van der Waals surface area contributed by atoms with Crippen LogP contribution in [-0.4, -0.2) is 48.0 Å². The monoisotopic (exact) mass is 424 g/mol. The van der Waals surface area contributed by atoms with Crippen LogP contribution in [0.3, 0.4) is 0 Å². The van der Waals surface area contributed by atoms with Crippen molar-refractivity contribution in [3.63, 3.8) is 0 Å². The van der Waals surface area contributed by atoms with Gasteiger partial charge in [0.1, 0.15) is 11.8 Å². The molecule has 0 saturated carbocycles. The highest BCUT2D eigenvalue weighted by atomic mass is 19.4. The summed E-state index contributed by atoms with van der Waals surface area (Å²) in [5.74, 6) is -0.627. The summed E-state index contributed by atoms with van der Waals surface area (Å²) in [4.78, 5) is 24.2. The summed E-state index contributed by atoms with van der Waals surface area (Å²) in [5, 5.41) is 11.7. The maximum atomic E-state index is 12.2. The zero-order valence-corrected chi connectivity index (χ0v) is 16.6. The van der Waals surface area contributed by atoms with Crippen LogP contribution in [0.5, 0.6) is 5.75 Å². The highest BCUT2D eigenvalue weighted by Crippen LogP contribution is 2.26. The molecule has 0 radical (unpaired) electrons. The van der Waals surface area contributed by atoms with Gasteiger partial charge in [-0.05, 0) is 41.7 Å². The molecule has 6 nitrogen and oxygen atoms in total. The molecule has 162 valence electrons. The van der Waals surface area contributed by atoms with Crippen molar-refractivity contribution in [3.8, 4) is 16.9 Å². The van der Waals surface area contributed by atoms with Crippen molar-refractivity contribution in [1.29, 1.82) is 0 Å². The first-order valence-electron chi connectivity index (χ1n) is 9.29. The van der Waals surface area contributed by atoms with E-state index in [2.05, 4.69) is 10.1 Å². The number of benzene rings is 2. The Morgan fingerprint density at radius 3 is 2.07 bits per heavy atom. The number of nitrogens with one attached hydrogen (secondary N) is 1. The van der Waals surface area contributed by atoms with Crippen LogP contribution in [0.1, 0.15) is 18.9 Å². The van der Waals surface area contributed by atoms with Crippen LogP contribution in [0.25, 0.3) is 11.1 Å². The third-order valence-electron chi connectivity index (χ3n) is 4.55. The van der Waals surface area contributed by atoms with Gasteiger partial charge in [-0.3, -0.25) is 9.69 Å². The van der Waals surface area contributed by atoms with Crippen LogP contribution in [0.2, 0.25) is 0 Å². The molecule has 2 N–H and O–H groups in total. The summed E-state index contributed by atoms with van der Waals surface area (Å²) >= 11 is 0. The number of likely N-dealkylation sites (N-methyl/N-ethyl adjacent to an activating group) is 1. The van der Waals surface area contributed by atoms with Crippen molar-refractivity contribution in [3.05, 3.63) is 54.1 Å². The number of carbonyl (C=O) groups excluding carboxylic acids is 1. The maximum Gasteiger partial charge on any atom is 0.573 e. The Morgan fingerprint density at radius 2 is 1.60 bits per heavy atom. The first kappa shape index (κ1) is 23.1. The quantitative estimate of drug-likeness (QED) is 0.662. The number of ether oxygens (including phenoxy) is 1. The minimum absolute atomic E-state index is 0.280. The summed E-state index contributed by atoms with van der Waals surface area (Å²) in [7, 11) is 1.36. The summed E-state index contributed by atoms with van der Waals surface area (Å²) < 4.78 is 40.5. The second-order valence-electron chi connectivity index (χ2n) is 6.63. The number of hydrogen-bond donors (Lipinski definition) is 2. The molecule has 2 rings (SSSR count).